The molecular weight excluding hydrogens is 274 g/mol. The van der Waals surface area contributed by atoms with Crippen molar-refractivity contribution in [1.29, 1.82) is 0 Å². The highest BCUT2D eigenvalue weighted by Gasteiger charge is 2.25. The second-order valence-electron chi connectivity index (χ2n) is 4.99. The van der Waals surface area contributed by atoms with Gasteiger partial charge in [0.2, 0.25) is 0 Å². The summed E-state index contributed by atoms with van der Waals surface area (Å²) in [5.41, 5.74) is 1.29. The van der Waals surface area contributed by atoms with Gasteiger partial charge in [0.05, 0.1) is 0 Å². The molecule has 1 atom stereocenters. The van der Waals surface area contributed by atoms with Gasteiger partial charge in [-0.05, 0) is 43.2 Å². The Bertz CT molecular complexity index is 369. The van der Waals surface area contributed by atoms with Crippen molar-refractivity contribution in [3.63, 3.8) is 0 Å². The molecule has 0 aromatic heterocycles. The number of halogens is 1. The fraction of sp³-hybridized carbons (Fsp3) is 0.625. The molecule has 1 rings (SSSR count). The minimum Gasteiger partial charge on any atom is -0.309 e. The van der Waals surface area contributed by atoms with E-state index in [-0.39, 0.29) is 0 Å². The number of hydrogen-bond acceptors (Lipinski definition) is 2. The molecule has 0 aliphatic carbocycles. The molecule has 1 aromatic rings. The van der Waals surface area contributed by atoms with Crippen molar-refractivity contribution in [1.82, 2.24) is 5.32 Å². The highest BCUT2D eigenvalue weighted by molar-refractivity contribution is 8.00. The molecule has 0 heterocycles. The molecule has 0 aliphatic rings. The molecule has 0 saturated heterocycles. The Morgan fingerprint density at radius 2 is 1.95 bits per heavy atom. The summed E-state index contributed by atoms with van der Waals surface area (Å²) in [5.74, 6) is 0. The van der Waals surface area contributed by atoms with Gasteiger partial charge in [-0.2, -0.15) is 11.8 Å². The van der Waals surface area contributed by atoms with Gasteiger partial charge in [-0.15, -0.1) is 0 Å². The summed E-state index contributed by atoms with van der Waals surface area (Å²) in [5, 5.41) is 4.55. The molecule has 0 bridgehead atoms. The molecule has 1 N–H and O–H groups in total. The molecule has 0 aliphatic heterocycles. The lowest BCUT2D eigenvalue weighted by Gasteiger charge is -2.32. The first-order valence-electron chi connectivity index (χ1n) is 7.14. The lowest BCUT2D eigenvalue weighted by Crippen LogP contribution is -2.38. The molecule has 19 heavy (non-hydrogen) atoms. The molecule has 1 nitrogen and oxygen atoms in total. The Morgan fingerprint density at radius 1 is 1.26 bits per heavy atom. The zero-order valence-corrected chi connectivity index (χ0v) is 14.1. The van der Waals surface area contributed by atoms with Crippen molar-refractivity contribution in [2.45, 2.75) is 50.8 Å². The van der Waals surface area contributed by atoms with E-state index in [0.717, 1.165) is 18.0 Å². The maximum Gasteiger partial charge on any atom is 0.0409 e. The van der Waals surface area contributed by atoms with E-state index >= 15 is 0 Å². The van der Waals surface area contributed by atoms with E-state index in [4.69, 9.17) is 11.6 Å². The van der Waals surface area contributed by atoms with Gasteiger partial charge in [0.15, 0.2) is 0 Å². The molecule has 0 fully saturated rings. The highest BCUT2D eigenvalue weighted by atomic mass is 35.5. The van der Waals surface area contributed by atoms with E-state index < -0.39 is 0 Å². The number of benzene rings is 1. The molecule has 3 heteroatoms. The van der Waals surface area contributed by atoms with Gasteiger partial charge in [0.25, 0.3) is 0 Å². The average Bonchev–Trinajstić information content (AvgIpc) is 2.44. The largest absolute Gasteiger partial charge is 0.309 e. The first kappa shape index (κ1) is 16.9. The number of hydrogen-bond donors (Lipinski definition) is 1. The minimum atomic E-state index is 0.353. The van der Waals surface area contributed by atoms with Crippen LogP contribution in [0.25, 0.3) is 0 Å². The third kappa shape index (κ3) is 4.70. The predicted molar refractivity (Wildman–Crippen MR) is 89.3 cm³/mol. The second-order valence-corrected chi connectivity index (χ2v) is 6.70. The fourth-order valence-corrected chi connectivity index (χ4v) is 3.40. The van der Waals surface area contributed by atoms with E-state index in [1.807, 2.05) is 23.9 Å². The van der Waals surface area contributed by atoms with Gasteiger partial charge in [-0.3, -0.25) is 0 Å². The van der Waals surface area contributed by atoms with Crippen molar-refractivity contribution in [3.05, 3.63) is 34.9 Å². The van der Waals surface area contributed by atoms with Crippen molar-refractivity contribution in [3.8, 4) is 0 Å². The molecule has 0 spiro atoms. The molecular formula is C16H26ClNS. The summed E-state index contributed by atoms with van der Waals surface area (Å²) in [6, 6.07) is 8.59. The Balaban J connectivity index is 2.72. The highest BCUT2D eigenvalue weighted by Crippen LogP contribution is 2.31. The first-order chi connectivity index (χ1) is 9.10. The minimum absolute atomic E-state index is 0.353. The van der Waals surface area contributed by atoms with E-state index in [2.05, 4.69) is 44.5 Å². The van der Waals surface area contributed by atoms with Crippen LogP contribution in [0.5, 0.6) is 0 Å². The monoisotopic (exact) mass is 299 g/mol. The lowest BCUT2D eigenvalue weighted by atomic mass is 9.99. The summed E-state index contributed by atoms with van der Waals surface area (Å²) >= 11 is 8.07. The molecule has 0 amide bonds. The van der Waals surface area contributed by atoms with Crippen LogP contribution < -0.4 is 5.32 Å². The van der Waals surface area contributed by atoms with Crippen LogP contribution in [0.15, 0.2) is 24.3 Å². The Kier molecular flexibility index (Phi) is 7.27. The maximum atomic E-state index is 6.09. The van der Waals surface area contributed by atoms with E-state index in [1.54, 1.807) is 0 Å². The summed E-state index contributed by atoms with van der Waals surface area (Å²) in [7, 11) is 0. The third-order valence-corrected chi connectivity index (χ3v) is 5.87. The summed E-state index contributed by atoms with van der Waals surface area (Å²) in [6.45, 7) is 7.83. The number of thioether (sulfide) groups is 1. The van der Waals surface area contributed by atoms with Crippen LogP contribution in [0.4, 0.5) is 0 Å². The van der Waals surface area contributed by atoms with Crippen molar-refractivity contribution in [2.75, 3.05) is 12.8 Å². The van der Waals surface area contributed by atoms with E-state index in [9.17, 15) is 0 Å². The maximum absolute atomic E-state index is 6.09. The van der Waals surface area contributed by atoms with Crippen LogP contribution >= 0.6 is 23.4 Å². The van der Waals surface area contributed by atoms with Crippen molar-refractivity contribution in [2.24, 2.45) is 0 Å². The Labute approximate surface area is 127 Å². The van der Waals surface area contributed by atoms with Crippen molar-refractivity contribution < 1.29 is 0 Å². The second kappa shape index (κ2) is 8.18. The molecule has 0 saturated carbocycles. The van der Waals surface area contributed by atoms with E-state index in [0.29, 0.717) is 10.8 Å². The quantitative estimate of drug-likeness (QED) is 0.699. The van der Waals surface area contributed by atoms with Gasteiger partial charge >= 0.3 is 0 Å². The fourth-order valence-electron chi connectivity index (χ4n) is 2.39. The summed E-state index contributed by atoms with van der Waals surface area (Å²) < 4.78 is 0.353. The van der Waals surface area contributed by atoms with Gasteiger partial charge in [0, 0.05) is 22.4 Å². The number of rotatable bonds is 8. The van der Waals surface area contributed by atoms with Crippen molar-refractivity contribution >= 4 is 23.4 Å². The molecule has 108 valence electrons. The normalized spacial score (nSPS) is 13.5. The zero-order valence-electron chi connectivity index (χ0n) is 12.5. The van der Waals surface area contributed by atoms with Crippen LogP contribution in [-0.4, -0.2) is 17.5 Å². The van der Waals surface area contributed by atoms with Crippen LogP contribution in [0.2, 0.25) is 5.02 Å². The summed E-state index contributed by atoms with van der Waals surface area (Å²) in [4.78, 5) is 0. The topological polar surface area (TPSA) is 12.0 Å². The smallest absolute Gasteiger partial charge is 0.0409 e. The third-order valence-electron chi connectivity index (χ3n) is 4.05. The van der Waals surface area contributed by atoms with Crippen LogP contribution in [-0.2, 0) is 0 Å². The molecule has 0 radical (unpaired) electrons. The van der Waals surface area contributed by atoms with E-state index in [1.165, 1.54) is 18.4 Å². The lowest BCUT2D eigenvalue weighted by molar-refractivity contribution is 0.438. The standard InChI is InChI=1S/C16H26ClNS/c1-5-15(13-9-8-10-14(17)11-13)18-12-16(6-2,7-3)19-4/h8-11,15,18H,5-7,12H2,1-4H3. The van der Waals surface area contributed by atoms with Gasteiger partial charge in [-0.1, -0.05) is 44.5 Å². The Hall–Kier alpha value is -0.180. The SMILES string of the molecule is CCC(NCC(CC)(CC)SC)c1cccc(Cl)c1. The van der Waals surface area contributed by atoms with Gasteiger partial charge in [0.1, 0.15) is 0 Å². The molecule has 1 aromatic carbocycles. The predicted octanol–water partition coefficient (Wildman–Crippen LogP) is 5.30. The van der Waals surface area contributed by atoms with Gasteiger partial charge in [-0.25, -0.2) is 0 Å². The average molecular weight is 300 g/mol. The van der Waals surface area contributed by atoms with Crippen LogP contribution in [0, 0.1) is 0 Å². The first-order valence-corrected chi connectivity index (χ1v) is 8.75. The summed E-state index contributed by atoms with van der Waals surface area (Å²) in [6.07, 6.45) is 5.69. The van der Waals surface area contributed by atoms with Crippen LogP contribution in [0.3, 0.4) is 0 Å². The Morgan fingerprint density at radius 3 is 2.42 bits per heavy atom. The zero-order chi connectivity index (χ0) is 14.3. The van der Waals surface area contributed by atoms with Crippen LogP contribution in [0.1, 0.15) is 51.6 Å². The van der Waals surface area contributed by atoms with Gasteiger partial charge < -0.3 is 5.32 Å². The molecule has 1 unspecified atom stereocenters. The number of nitrogens with one attached hydrogen (secondary N) is 1.